The highest BCUT2D eigenvalue weighted by Crippen LogP contribution is 2.72. The monoisotopic (exact) mass is 1090 g/mol. The third-order valence-electron chi connectivity index (χ3n) is 20.1. The van der Waals surface area contributed by atoms with E-state index in [2.05, 4.69) is 19.9 Å². The Bertz CT molecular complexity index is 1990. The molecule has 0 amide bonds. The molecule has 0 aromatic carbocycles. The summed E-state index contributed by atoms with van der Waals surface area (Å²) in [5, 5.41) is 149. The van der Waals surface area contributed by atoms with Gasteiger partial charge in [-0.05, 0) is 87.4 Å². The minimum atomic E-state index is -1.77. The summed E-state index contributed by atoms with van der Waals surface area (Å²) < 4.78 is 60.5. The molecule has 24 nitrogen and oxygen atoms in total. The average molecular weight is 1100 g/mol. The molecule has 5 heterocycles. The zero-order chi connectivity index (χ0) is 55.1. The van der Waals surface area contributed by atoms with Crippen molar-refractivity contribution in [3.63, 3.8) is 0 Å². The fourth-order valence-corrected chi connectivity index (χ4v) is 15.1. The van der Waals surface area contributed by atoms with Crippen molar-refractivity contribution in [2.75, 3.05) is 33.5 Å². The summed E-state index contributed by atoms with van der Waals surface area (Å²) in [6.07, 6.45) is -23.0. The molecule has 5 saturated heterocycles. The molecule has 5 aliphatic heterocycles. The number of aliphatic hydroxyl groups is 14. The highest BCUT2D eigenvalue weighted by atomic mass is 16.8. The van der Waals surface area contributed by atoms with Crippen molar-refractivity contribution < 1.29 is 119 Å². The Labute approximate surface area is 442 Å². The molecule has 3 saturated carbocycles. The summed E-state index contributed by atoms with van der Waals surface area (Å²) >= 11 is 0. The van der Waals surface area contributed by atoms with Crippen LogP contribution in [0, 0.1) is 40.4 Å². The lowest BCUT2D eigenvalue weighted by Gasteiger charge is -2.59. The summed E-state index contributed by atoms with van der Waals surface area (Å²) in [5.41, 5.74) is -0.725. The Hall–Kier alpha value is -1.22. The van der Waals surface area contributed by atoms with Gasteiger partial charge in [0.15, 0.2) is 30.9 Å². The summed E-state index contributed by atoms with van der Waals surface area (Å²) in [7, 11) is 1.61. The molecule has 0 aromatic rings. The van der Waals surface area contributed by atoms with Crippen molar-refractivity contribution >= 4 is 0 Å². The van der Waals surface area contributed by atoms with Crippen LogP contribution < -0.4 is 0 Å². The molecule has 9 aliphatic rings. The minimum Gasteiger partial charge on any atom is -0.394 e. The van der Waals surface area contributed by atoms with Crippen LogP contribution in [0.3, 0.4) is 0 Å². The van der Waals surface area contributed by atoms with Gasteiger partial charge < -0.3 is 119 Å². The van der Waals surface area contributed by atoms with Crippen LogP contribution in [0.4, 0.5) is 0 Å². The van der Waals surface area contributed by atoms with Crippen LogP contribution >= 0.6 is 0 Å². The second-order valence-electron chi connectivity index (χ2n) is 24.1. The maximum Gasteiger partial charge on any atom is 0.187 e. The van der Waals surface area contributed by atoms with Crippen LogP contribution in [0.25, 0.3) is 0 Å². The molecule has 9 rings (SSSR count). The average Bonchev–Trinajstić information content (AvgIpc) is 3.93. The third-order valence-corrected chi connectivity index (χ3v) is 20.1. The number of hydrogen-bond donors (Lipinski definition) is 14. The maximum absolute atomic E-state index is 13.1. The van der Waals surface area contributed by atoms with Gasteiger partial charge in [-0.25, -0.2) is 0 Å². The van der Waals surface area contributed by atoms with E-state index in [9.17, 15) is 71.5 Å². The molecule has 0 radical (unpaired) electrons. The summed E-state index contributed by atoms with van der Waals surface area (Å²) in [5.74, 6) is -0.935. The number of methoxy groups -OCH3 is 1. The molecule has 438 valence electrons. The van der Waals surface area contributed by atoms with Crippen LogP contribution in [-0.2, 0) is 47.4 Å². The number of allylic oxidation sites excluding steroid dienone is 1. The first-order valence-corrected chi connectivity index (χ1v) is 27.4. The van der Waals surface area contributed by atoms with Gasteiger partial charge in [-0.1, -0.05) is 39.3 Å². The molecule has 1 unspecified atom stereocenters. The fraction of sp³-hybridized carbons (Fsp3) is 0.962. The second kappa shape index (κ2) is 22.8. The van der Waals surface area contributed by atoms with Gasteiger partial charge in [0.2, 0.25) is 0 Å². The van der Waals surface area contributed by atoms with E-state index in [1.807, 2.05) is 13.8 Å². The molecule has 31 atom stereocenters. The Morgan fingerprint density at radius 2 is 1.25 bits per heavy atom. The van der Waals surface area contributed by atoms with Crippen molar-refractivity contribution in [2.45, 2.75) is 239 Å². The van der Waals surface area contributed by atoms with Gasteiger partial charge in [-0.15, -0.1) is 0 Å². The van der Waals surface area contributed by atoms with E-state index >= 15 is 0 Å². The number of rotatable bonds is 16. The van der Waals surface area contributed by atoms with E-state index in [1.54, 1.807) is 7.11 Å². The minimum absolute atomic E-state index is 0.0949. The Morgan fingerprint density at radius 3 is 1.88 bits per heavy atom. The highest BCUT2D eigenvalue weighted by Gasteiger charge is 2.76. The maximum atomic E-state index is 13.1. The van der Waals surface area contributed by atoms with Crippen LogP contribution in [-0.4, -0.2) is 251 Å². The number of fused-ring (bicyclic) bond motifs is 7. The Morgan fingerprint density at radius 1 is 0.658 bits per heavy atom. The second-order valence-corrected chi connectivity index (χ2v) is 24.1. The molecular weight excluding hydrogens is 1010 g/mol. The van der Waals surface area contributed by atoms with Gasteiger partial charge in [-0.2, -0.15) is 0 Å². The lowest BCUT2D eigenvalue weighted by Crippen LogP contribution is -2.65. The molecule has 4 aliphatic carbocycles. The molecule has 76 heavy (non-hydrogen) atoms. The predicted octanol–water partition coefficient (Wildman–Crippen LogP) is -3.24. The van der Waals surface area contributed by atoms with Crippen molar-refractivity contribution in [3.8, 4) is 0 Å². The Kier molecular flexibility index (Phi) is 17.9. The first-order valence-electron chi connectivity index (χ1n) is 27.4. The summed E-state index contributed by atoms with van der Waals surface area (Å²) in [6, 6.07) is 0. The SMILES string of the molecule is COC1(CC[C@@H](C)CO[C@@H]2O[C@H](CO)[C@@H](O)[C@H](O)[C@H]2O)O[C@H]2C[C@H]3[C@@H]4CC=C5C[C@@H](O[C@@H]6O[C@H](CO[C@@H]7O[C@H](CO)[C@@H](O)[C@H](O)[C@H]7O)[C@@H](O)[C@H](O)[C@H]6O[C@@H]6O[C@@H](C)[C@H](O)[C@@H](O)[C@H]6O)CC[C@]5(C)[C@H]4CC[C@]3(C)[C@@]2(O)[C@@H]1C. The normalized spacial score (nSPS) is 54.8. The van der Waals surface area contributed by atoms with E-state index in [1.165, 1.54) is 12.5 Å². The lowest BCUT2D eigenvalue weighted by molar-refractivity contribution is -0.375. The van der Waals surface area contributed by atoms with Crippen LogP contribution in [0.15, 0.2) is 11.6 Å². The summed E-state index contributed by atoms with van der Waals surface area (Å²) in [4.78, 5) is 0. The first kappa shape index (κ1) is 59.4. The molecular formula is C52H86O24. The van der Waals surface area contributed by atoms with Gasteiger partial charge in [0.05, 0.1) is 44.7 Å². The van der Waals surface area contributed by atoms with E-state index in [0.29, 0.717) is 32.1 Å². The van der Waals surface area contributed by atoms with Crippen LogP contribution in [0.2, 0.25) is 0 Å². The standard InChI is InChI=1S/C52H86O24/c1-21(19-68-45-41(63)38(60)34(56)29(17-53)72-45)9-14-51(67-6)23(3)52(66)32(76-51)16-28-26-8-7-24-15-25(10-12-49(24,4)27(26)11-13-50(28,52)5)71-48-44(75-47-43(65)37(59)33(55)22(2)70-47)40(62)36(58)31(74-48)20-69-46-42(64)39(61)35(57)30(18-54)73-46/h7,21-23,25-48,53-66H,8-20H2,1-6H3/t21-,22+,23-,25+,26-,27+,28+,29-,30-,31-,32+,33+,34-,35-,36-,37-,38+,39+,40+,41-,42-,43-,44-,45-,46-,47+,48-,49+,50+,51?,52-/m1/s1. The molecule has 0 bridgehead atoms. The molecule has 0 aromatic heterocycles. The highest BCUT2D eigenvalue weighted by molar-refractivity contribution is 5.29. The molecule has 0 spiro atoms. The van der Waals surface area contributed by atoms with Crippen LogP contribution in [0.5, 0.6) is 0 Å². The topological polar surface area (TPSA) is 376 Å². The summed E-state index contributed by atoms with van der Waals surface area (Å²) in [6.45, 7) is 8.29. The third kappa shape index (κ3) is 10.1. The quantitative estimate of drug-likeness (QED) is 0.0676. The largest absolute Gasteiger partial charge is 0.394 e. The zero-order valence-corrected chi connectivity index (χ0v) is 44.2. The van der Waals surface area contributed by atoms with Gasteiger partial charge in [0.25, 0.3) is 0 Å². The Balaban J connectivity index is 0.861. The van der Waals surface area contributed by atoms with E-state index in [-0.39, 0.29) is 35.7 Å². The zero-order valence-electron chi connectivity index (χ0n) is 44.2. The fourth-order valence-electron chi connectivity index (χ4n) is 15.1. The van der Waals surface area contributed by atoms with Gasteiger partial charge >= 0.3 is 0 Å². The van der Waals surface area contributed by atoms with Gasteiger partial charge in [0, 0.05) is 24.9 Å². The number of aliphatic hydroxyl groups excluding tert-OH is 13. The van der Waals surface area contributed by atoms with Crippen LogP contribution in [0.1, 0.15) is 92.4 Å². The predicted molar refractivity (Wildman–Crippen MR) is 256 cm³/mol. The molecule has 14 N–H and O–H groups in total. The first-order chi connectivity index (χ1) is 35.9. The van der Waals surface area contributed by atoms with Crippen molar-refractivity contribution in [3.05, 3.63) is 11.6 Å². The van der Waals surface area contributed by atoms with E-state index < -0.39 is 178 Å². The molecule has 8 fully saturated rings. The van der Waals surface area contributed by atoms with E-state index in [0.717, 1.165) is 25.7 Å². The van der Waals surface area contributed by atoms with Crippen molar-refractivity contribution in [1.82, 2.24) is 0 Å². The van der Waals surface area contributed by atoms with E-state index in [4.69, 9.17) is 47.4 Å². The van der Waals surface area contributed by atoms with Crippen molar-refractivity contribution in [2.24, 2.45) is 40.4 Å². The number of ether oxygens (including phenoxy) is 10. The smallest absolute Gasteiger partial charge is 0.187 e. The van der Waals surface area contributed by atoms with Gasteiger partial charge in [-0.3, -0.25) is 0 Å². The van der Waals surface area contributed by atoms with Gasteiger partial charge in [0.1, 0.15) is 97.2 Å². The molecule has 24 heteroatoms. The number of hydrogen-bond acceptors (Lipinski definition) is 24. The lowest BCUT2D eigenvalue weighted by atomic mass is 9.46. The van der Waals surface area contributed by atoms with Crippen molar-refractivity contribution in [1.29, 1.82) is 0 Å².